The molecule has 1 aliphatic heterocycles. The van der Waals surface area contributed by atoms with Crippen molar-refractivity contribution >= 4 is 11.3 Å². The van der Waals surface area contributed by atoms with E-state index in [9.17, 15) is 0 Å². The van der Waals surface area contributed by atoms with E-state index >= 15 is 0 Å². The molecule has 1 saturated heterocycles. The molecule has 3 nitrogen and oxygen atoms in total. The fraction of sp³-hybridized carbons (Fsp3) is 0.615. The summed E-state index contributed by atoms with van der Waals surface area (Å²) in [5.41, 5.74) is 0.783. The summed E-state index contributed by atoms with van der Waals surface area (Å²) in [6.45, 7) is 4.46. The number of likely N-dealkylation sites (tertiary alicyclic amines) is 1. The molecule has 0 bridgehead atoms. The molecule has 1 aromatic heterocycles. The van der Waals surface area contributed by atoms with Crippen LogP contribution in [-0.4, -0.2) is 31.6 Å². The Balaban J connectivity index is 1.67. The largest absolute Gasteiger partial charge is 0.312 e. The van der Waals surface area contributed by atoms with Gasteiger partial charge in [-0.2, -0.15) is 5.26 Å². The molecule has 1 aliphatic rings. The molecule has 0 aromatic carbocycles. The van der Waals surface area contributed by atoms with E-state index in [1.54, 1.807) is 11.3 Å². The maximum absolute atomic E-state index is 8.74. The molecule has 4 heteroatoms. The monoisotopic (exact) mass is 249 g/mol. The van der Waals surface area contributed by atoms with Crippen LogP contribution < -0.4 is 5.32 Å². The SMILES string of the molecule is CN1CCC(CNCc2cc(C#N)cs2)CC1. The number of hydrogen-bond donors (Lipinski definition) is 1. The van der Waals surface area contributed by atoms with Crippen molar-refractivity contribution in [2.45, 2.75) is 19.4 Å². The predicted molar refractivity (Wildman–Crippen MR) is 71.0 cm³/mol. The Bertz CT molecular complexity index is 386. The molecule has 1 N–H and O–H groups in total. The Kier molecular flexibility index (Phi) is 4.55. The third-order valence-corrected chi connectivity index (χ3v) is 4.29. The topological polar surface area (TPSA) is 39.1 Å². The molecule has 0 spiro atoms. The van der Waals surface area contributed by atoms with Gasteiger partial charge in [-0.15, -0.1) is 11.3 Å². The van der Waals surface area contributed by atoms with Crippen molar-refractivity contribution in [3.8, 4) is 6.07 Å². The Morgan fingerprint density at radius 1 is 1.53 bits per heavy atom. The number of rotatable bonds is 4. The maximum atomic E-state index is 8.74. The highest BCUT2D eigenvalue weighted by Crippen LogP contribution is 2.16. The second-order valence-electron chi connectivity index (χ2n) is 4.79. The fourth-order valence-electron chi connectivity index (χ4n) is 2.20. The lowest BCUT2D eigenvalue weighted by Crippen LogP contribution is -2.34. The van der Waals surface area contributed by atoms with E-state index in [2.05, 4.69) is 23.3 Å². The van der Waals surface area contributed by atoms with E-state index in [4.69, 9.17) is 5.26 Å². The van der Waals surface area contributed by atoms with Gasteiger partial charge in [0, 0.05) is 16.8 Å². The smallest absolute Gasteiger partial charge is 0.100 e. The summed E-state index contributed by atoms with van der Waals surface area (Å²) in [7, 11) is 2.19. The summed E-state index contributed by atoms with van der Waals surface area (Å²) in [6, 6.07) is 4.15. The number of piperidine rings is 1. The lowest BCUT2D eigenvalue weighted by Gasteiger charge is -2.28. The Labute approximate surface area is 107 Å². The highest BCUT2D eigenvalue weighted by atomic mass is 32.1. The molecule has 0 aliphatic carbocycles. The molecule has 2 heterocycles. The van der Waals surface area contributed by atoms with Crippen molar-refractivity contribution < 1.29 is 0 Å². The zero-order valence-corrected chi connectivity index (χ0v) is 11.1. The maximum Gasteiger partial charge on any atom is 0.100 e. The van der Waals surface area contributed by atoms with Crippen molar-refractivity contribution in [1.82, 2.24) is 10.2 Å². The minimum atomic E-state index is 0.783. The van der Waals surface area contributed by atoms with E-state index in [-0.39, 0.29) is 0 Å². The van der Waals surface area contributed by atoms with Gasteiger partial charge in [-0.3, -0.25) is 0 Å². The number of nitrogens with zero attached hydrogens (tertiary/aromatic N) is 2. The van der Waals surface area contributed by atoms with E-state index < -0.39 is 0 Å². The summed E-state index contributed by atoms with van der Waals surface area (Å²) >= 11 is 1.67. The van der Waals surface area contributed by atoms with Gasteiger partial charge in [-0.25, -0.2) is 0 Å². The Morgan fingerprint density at radius 2 is 2.29 bits per heavy atom. The van der Waals surface area contributed by atoms with Crippen LogP contribution in [0.5, 0.6) is 0 Å². The molecule has 17 heavy (non-hydrogen) atoms. The van der Waals surface area contributed by atoms with Crippen molar-refractivity contribution in [3.63, 3.8) is 0 Å². The second kappa shape index (κ2) is 6.15. The van der Waals surface area contributed by atoms with Gasteiger partial charge in [0.25, 0.3) is 0 Å². The summed E-state index contributed by atoms with van der Waals surface area (Å²) in [5, 5.41) is 14.2. The van der Waals surface area contributed by atoms with Crippen LogP contribution in [-0.2, 0) is 6.54 Å². The molecular weight excluding hydrogens is 230 g/mol. The second-order valence-corrected chi connectivity index (χ2v) is 5.79. The van der Waals surface area contributed by atoms with Gasteiger partial charge in [0.05, 0.1) is 5.56 Å². The summed E-state index contributed by atoms with van der Waals surface area (Å²) in [5.74, 6) is 0.821. The number of hydrogen-bond acceptors (Lipinski definition) is 4. The van der Waals surface area contributed by atoms with Crippen molar-refractivity contribution in [1.29, 1.82) is 5.26 Å². The van der Waals surface area contributed by atoms with Gasteiger partial charge in [0.2, 0.25) is 0 Å². The van der Waals surface area contributed by atoms with Gasteiger partial charge in [0.1, 0.15) is 6.07 Å². The quantitative estimate of drug-likeness (QED) is 0.887. The molecule has 0 unspecified atom stereocenters. The van der Waals surface area contributed by atoms with Gasteiger partial charge in [0.15, 0.2) is 0 Å². The first-order valence-electron chi connectivity index (χ1n) is 6.14. The zero-order valence-electron chi connectivity index (χ0n) is 10.3. The van der Waals surface area contributed by atoms with Gasteiger partial charge >= 0.3 is 0 Å². The average Bonchev–Trinajstić information content (AvgIpc) is 2.80. The lowest BCUT2D eigenvalue weighted by molar-refractivity contribution is 0.216. The van der Waals surface area contributed by atoms with Gasteiger partial charge in [-0.05, 0) is 51.5 Å². The molecule has 0 saturated carbocycles. The molecule has 1 fully saturated rings. The van der Waals surface area contributed by atoms with Crippen molar-refractivity contribution in [3.05, 3.63) is 21.9 Å². The van der Waals surface area contributed by atoms with Crippen LogP contribution >= 0.6 is 11.3 Å². The Hall–Kier alpha value is -0.890. The summed E-state index contributed by atoms with van der Waals surface area (Å²) in [4.78, 5) is 3.66. The van der Waals surface area contributed by atoms with Crippen LogP contribution in [0, 0.1) is 17.2 Å². The van der Waals surface area contributed by atoms with E-state index in [1.807, 2.05) is 11.4 Å². The number of thiophene rings is 1. The standard InChI is InChI=1S/C13H19N3S/c1-16-4-2-11(3-5-16)8-15-9-13-6-12(7-14)10-17-13/h6,10-11,15H,2-5,8-9H2,1H3. The number of nitrogens with one attached hydrogen (secondary N) is 1. The van der Waals surface area contributed by atoms with Crippen LogP contribution in [0.1, 0.15) is 23.3 Å². The van der Waals surface area contributed by atoms with E-state index in [0.29, 0.717) is 0 Å². The van der Waals surface area contributed by atoms with E-state index in [0.717, 1.165) is 24.6 Å². The lowest BCUT2D eigenvalue weighted by atomic mass is 9.97. The highest BCUT2D eigenvalue weighted by molar-refractivity contribution is 7.10. The first kappa shape index (κ1) is 12.6. The summed E-state index contributed by atoms with van der Waals surface area (Å²) in [6.07, 6.45) is 2.61. The zero-order chi connectivity index (χ0) is 12.1. The van der Waals surface area contributed by atoms with E-state index in [1.165, 1.54) is 30.8 Å². The normalized spacial score (nSPS) is 18.1. The average molecular weight is 249 g/mol. The molecular formula is C13H19N3S. The minimum absolute atomic E-state index is 0.783. The van der Waals surface area contributed by atoms with Crippen LogP contribution in [0.2, 0.25) is 0 Å². The first-order valence-corrected chi connectivity index (χ1v) is 7.02. The van der Waals surface area contributed by atoms with Gasteiger partial charge < -0.3 is 10.2 Å². The van der Waals surface area contributed by atoms with Crippen LogP contribution in [0.15, 0.2) is 11.4 Å². The van der Waals surface area contributed by atoms with Gasteiger partial charge in [-0.1, -0.05) is 0 Å². The molecule has 0 atom stereocenters. The first-order chi connectivity index (χ1) is 8.28. The molecule has 2 rings (SSSR count). The van der Waals surface area contributed by atoms with Crippen LogP contribution in [0.3, 0.4) is 0 Å². The molecule has 92 valence electrons. The molecule has 0 amide bonds. The molecule has 0 radical (unpaired) electrons. The summed E-state index contributed by atoms with van der Waals surface area (Å²) < 4.78 is 0. The van der Waals surface area contributed by atoms with Crippen molar-refractivity contribution in [2.75, 3.05) is 26.7 Å². The van der Waals surface area contributed by atoms with Crippen LogP contribution in [0.25, 0.3) is 0 Å². The molecule has 1 aromatic rings. The van der Waals surface area contributed by atoms with Crippen molar-refractivity contribution in [2.24, 2.45) is 5.92 Å². The fourth-order valence-corrected chi connectivity index (χ4v) is 2.98. The number of nitriles is 1. The van der Waals surface area contributed by atoms with Crippen LogP contribution in [0.4, 0.5) is 0 Å². The Morgan fingerprint density at radius 3 is 2.94 bits per heavy atom. The third kappa shape index (κ3) is 3.81. The highest BCUT2D eigenvalue weighted by Gasteiger charge is 2.15. The minimum Gasteiger partial charge on any atom is -0.312 e. The third-order valence-electron chi connectivity index (χ3n) is 3.35. The predicted octanol–water partition coefficient (Wildman–Crippen LogP) is 2.05.